The van der Waals surface area contributed by atoms with Gasteiger partial charge in [0.2, 0.25) is 5.91 Å². The number of carbonyl (C=O) groups is 1. The highest BCUT2D eigenvalue weighted by Gasteiger charge is 2.06. The summed E-state index contributed by atoms with van der Waals surface area (Å²) in [5.74, 6) is 1.23. The summed E-state index contributed by atoms with van der Waals surface area (Å²) in [4.78, 5) is 18.2. The van der Waals surface area contributed by atoms with Crippen molar-refractivity contribution in [1.82, 2.24) is 9.88 Å². The molecule has 24 heavy (non-hydrogen) atoms. The van der Waals surface area contributed by atoms with E-state index in [2.05, 4.69) is 18.8 Å². The first-order valence-electron chi connectivity index (χ1n) is 8.01. The molecule has 1 heterocycles. The number of aryl methyl sites for hydroxylation is 1. The third-order valence-electron chi connectivity index (χ3n) is 3.34. The van der Waals surface area contributed by atoms with Gasteiger partial charge in [0.05, 0.1) is 10.7 Å². The van der Waals surface area contributed by atoms with E-state index >= 15 is 0 Å². The molecule has 0 aliphatic carbocycles. The zero-order valence-electron chi connectivity index (χ0n) is 14.7. The lowest BCUT2D eigenvalue weighted by Crippen LogP contribution is -2.28. The van der Waals surface area contributed by atoms with Crippen LogP contribution in [0.3, 0.4) is 0 Å². The van der Waals surface area contributed by atoms with Gasteiger partial charge in [0, 0.05) is 25.0 Å². The first-order chi connectivity index (χ1) is 11.4. The van der Waals surface area contributed by atoms with Gasteiger partial charge in [-0.05, 0) is 36.6 Å². The zero-order valence-corrected chi connectivity index (χ0v) is 15.5. The van der Waals surface area contributed by atoms with Crippen molar-refractivity contribution in [3.05, 3.63) is 52.0 Å². The molecule has 2 aromatic rings. The molecule has 0 unspecified atom stereocenters. The average molecular weight is 344 g/mol. The van der Waals surface area contributed by atoms with Crippen molar-refractivity contribution in [2.24, 2.45) is 5.92 Å². The minimum Gasteiger partial charge on any atom is -0.487 e. The highest BCUT2D eigenvalue weighted by atomic mass is 32.1. The van der Waals surface area contributed by atoms with Crippen LogP contribution in [-0.4, -0.2) is 29.4 Å². The Morgan fingerprint density at radius 2 is 2.21 bits per heavy atom. The molecule has 0 saturated carbocycles. The molecule has 5 heteroatoms. The number of amides is 1. The first-order valence-corrected chi connectivity index (χ1v) is 8.89. The maximum absolute atomic E-state index is 12.1. The summed E-state index contributed by atoms with van der Waals surface area (Å²) < 4.78 is 5.77. The lowest BCUT2D eigenvalue weighted by Gasteiger charge is -2.17. The predicted molar refractivity (Wildman–Crippen MR) is 99.1 cm³/mol. The van der Waals surface area contributed by atoms with Gasteiger partial charge in [0.25, 0.3) is 0 Å². The summed E-state index contributed by atoms with van der Waals surface area (Å²) >= 11 is 1.62. The standard InChI is InChI=1S/C19H24N2O2S/c1-14(2)11-21(4)19(22)9-8-16-6-5-7-18(10-16)23-12-17-13-24-15(3)20-17/h5-10,13-14H,11-12H2,1-4H3/b9-8+. The van der Waals surface area contributed by atoms with E-state index in [0.717, 1.165) is 28.6 Å². The molecule has 128 valence electrons. The minimum absolute atomic E-state index is 0.00738. The van der Waals surface area contributed by atoms with Crippen LogP contribution in [0.25, 0.3) is 6.08 Å². The Bertz CT molecular complexity index is 707. The summed E-state index contributed by atoms with van der Waals surface area (Å²) in [6.07, 6.45) is 3.42. The van der Waals surface area contributed by atoms with Crippen LogP contribution in [0.4, 0.5) is 0 Å². The van der Waals surface area contributed by atoms with Gasteiger partial charge in [-0.15, -0.1) is 11.3 Å². The molecular weight excluding hydrogens is 320 g/mol. The number of benzene rings is 1. The molecule has 0 spiro atoms. The van der Waals surface area contributed by atoms with Crippen LogP contribution in [0.15, 0.2) is 35.7 Å². The average Bonchev–Trinajstić information content (AvgIpc) is 2.96. The Balaban J connectivity index is 1.94. The summed E-state index contributed by atoms with van der Waals surface area (Å²) in [6.45, 7) is 7.37. The maximum Gasteiger partial charge on any atom is 0.246 e. The largest absolute Gasteiger partial charge is 0.487 e. The molecule has 0 fully saturated rings. The van der Waals surface area contributed by atoms with Crippen LogP contribution < -0.4 is 4.74 Å². The summed E-state index contributed by atoms with van der Waals surface area (Å²) in [6, 6.07) is 7.70. The molecular formula is C19H24N2O2S. The van der Waals surface area contributed by atoms with Crippen molar-refractivity contribution in [2.75, 3.05) is 13.6 Å². The molecule has 0 radical (unpaired) electrons. The number of aromatic nitrogens is 1. The summed E-state index contributed by atoms with van der Waals surface area (Å²) in [7, 11) is 1.82. The molecule has 1 amide bonds. The van der Waals surface area contributed by atoms with Crippen LogP contribution in [0.1, 0.15) is 30.1 Å². The number of rotatable bonds is 7. The van der Waals surface area contributed by atoms with Gasteiger partial charge in [-0.1, -0.05) is 26.0 Å². The molecule has 1 aromatic heterocycles. The third kappa shape index (κ3) is 5.81. The molecule has 0 bridgehead atoms. The zero-order chi connectivity index (χ0) is 17.5. The molecule has 0 atom stereocenters. The van der Waals surface area contributed by atoms with Crippen LogP contribution in [0.5, 0.6) is 5.75 Å². The van der Waals surface area contributed by atoms with Crippen molar-refractivity contribution in [2.45, 2.75) is 27.4 Å². The van der Waals surface area contributed by atoms with Crippen molar-refractivity contribution < 1.29 is 9.53 Å². The van der Waals surface area contributed by atoms with Crippen molar-refractivity contribution in [1.29, 1.82) is 0 Å². The number of carbonyl (C=O) groups excluding carboxylic acids is 1. The van der Waals surface area contributed by atoms with Crippen LogP contribution in [0.2, 0.25) is 0 Å². The third-order valence-corrected chi connectivity index (χ3v) is 4.17. The molecule has 0 aliphatic rings. The highest BCUT2D eigenvalue weighted by molar-refractivity contribution is 7.09. The van der Waals surface area contributed by atoms with Gasteiger partial charge in [-0.2, -0.15) is 0 Å². The fraction of sp³-hybridized carbons (Fsp3) is 0.368. The minimum atomic E-state index is 0.00738. The van der Waals surface area contributed by atoms with Crippen LogP contribution in [0, 0.1) is 12.8 Å². The molecule has 2 rings (SSSR count). The fourth-order valence-corrected chi connectivity index (χ4v) is 2.87. The van der Waals surface area contributed by atoms with Crippen molar-refractivity contribution >= 4 is 23.3 Å². The second kappa shape index (κ2) is 8.64. The first kappa shape index (κ1) is 18.2. The number of likely N-dealkylation sites (N-methyl/N-ethyl adjacent to an activating group) is 1. The Kier molecular flexibility index (Phi) is 6.55. The van der Waals surface area contributed by atoms with Crippen molar-refractivity contribution in [3.8, 4) is 5.75 Å². The topological polar surface area (TPSA) is 42.4 Å². The van der Waals surface area contributed by atoms with Crippen LogP contribution >= 0.6 is 11.3 Å². The van der Waals surface area contributed by atoms with Gasteiger partial charge in [-0.3, -0.25) is 4.79 Å². The SMILES string of the molecule is Cc1nc(COc2cccc(/C=C/C(=O)N(C)CC(C)C)c2)cs1. The van der Waals surface area contributed by atoms with E-state index in [1.54, 1.807) is 22.3 Å². The van der Waals surface area contributed by atoms with Crippen molar-refractivity contribution in [3.63, 3.8) is 0 Å². The van der Waals surface area contributed by atoms with E-state index in [1.165, 1.54) is 0 Å². The quantitative estimate of drug-likeness (QED) is 0.708. The normalized spacial score (nSPS) is 11.2. The maximum atomic E-state index is 12.1. The van der Waals surface area contributed by atoms with E-state index in [0.29, 0.717) is 12.5 Å². The summed E-state index contributed by atoms with van der Waals surface area (Å²) in [5.41, 5.74) is 1.87. The van der Waals surface area contributed by atoms with E-state index < -0.39 is 0 Å². The van der Waals surface area contributed by atoms with E-state index in [1.807, 2.05) is 49.7 Å². The lowest BCUT2D eigenvalue weighted by molar-refractivity contribution is -0.125. The lowest BCUT2D eigenvalue weighted by atomic mass is 10.2. The monoisotopic (exact) mass is 344 g/mol. The Morgan fingerprint density at radius 1 is 1.42 bits per heavy atom. The molecule has 4 nitrogen and oxygen atoms in total. The fourth-order valence-electron chi connectivity index (χ4n) is 2.27. The van der Waals surface area contributed by atoms with Gasteiger partial charge < -0.3 is 9.64 Å². The number of hydrogen-bond acceptors (Lipinski definition) is 4. The van der Waals surface area contributed by atoms with E-state index in [-0.39, 0.29) is 5.91 Å². The number of hydrogen-bond donors (Lipinski definition) is 0. The molecule has 1 aromatic carbocycles. The van der Waals surface area contributed by atoms with Gasteiger partial charge in [-0.25, -0.2) is 4.98 Å². The van der Waals surface area contributed by atoms with Crippen LogP contribution in [-0.2, 0) is 11.4 Å². The highest BCUT2D eigenvalue weighted by Crippen LogP contribution is 2.17. The molecule has 0 saturated heterocycles. The number of thiazole rings is 1. The number of nitrogens with zero attached hydrogens (tertiary/aromatic N) is 2. The van der Waals surface area contributed by atoms with E-state index in [9.17, 15) is 4.79 Å². The van der Waals surface area contributed by atoms with Gasteiger partial charge in [0.15, 0.2) is 0 Å². The Hall–Kier alpha value is -2.14. The Labute approximate surface area is 147 Å². The molecule has 0 aliphatic heterocycles. The smallest absolute Gasteiger partial charge is 0.246 e. The predicted octanol–water partition coefficient (Wildman–Crippen LogP) is 4.16. The second-order valence-corrected chi connectivity index (χ2v) is 7.23. The number of ether oxygens (including phenoxy) is 1. The van der Waals surface area contributed by atoms with Gasteiger partial charge in [0.1, 0.15) is 12.4 Å². The van der Waals surface area contributed by atoms with Gasteiger partial charge >= 0.3 is 0 Å². The molecule has 0 N–H and O–H groups in total. The Morgan fingerprint density at radius 3 is 2.88 bits per heavy atom. The summed E-state index contributed by atoms with van der Waals surface area (Å²) in [5, 5.41) is 3.04. The van der Waals surface area contributed by atoms with E-state index in [4.69, 9.17) is 4.74 Å². The second-order valence-electron chi connectivity index (χ2n) is 6.16.